The van der Waals surface area contributed by atoms with Crippen LogP contribution in [0.5, 0.6) is 11.5 Å². The van der Waals surface area contributed by atoms with Gasteiger partial charge in [-0.05, 0) is 36.4 Å². The summed E-state index contributed by atoms with van der Waals surface area (Å²) in [5, 5.41) is 11.3. The molecule has 5 heteroatoms. The minimum absolute atomic E-state index is 0.256. The van der Waals surface area contributed by atoms with Crippen LogP contribution >= 0.6 is 0 Å². The molecule has 0 saturated carbocycles. The number of nitrogens with two attached hydrogens (primary N) is 1. The second-order valence-electron chi connectivity index (χ2n) is 4.07. The van der Waals surface area contributed by atoms with E-state index < -0.39 is 0 Å². The molecule has 20 heavy (non-hydrogen) atoms. The van der Waals surface area contributed by atoms with E-state index in [1.807, 2.05) is 6.07 Å². The lowest BCUT2D eigenvalue weighted by molar-refractivity contribution is 0.0961. The van der Waals surface area contributed by atoms with E-state index in [0.29, 0.717) is 28.3 Å². The third kappa shape index (κ3) is 2.87. The molecule has 2 aromatic rings. The van der Waals surface area contributed by atoms with Crippen LogP contribution in [0.25, 0.3) is 0 Å². The normalized spacial score (nSPS) is 9.60. The number of carbonyl (C=O) groups excluding carboxylic acids is 1. The zero-order chi connectivity index (χ0) is 14.5. The number of ether oxygens (including phenoxy) is 1. The Balaban J connectivity index is 2.34. The van der Waals surface area contributed by atoms with Gasteiger partial charge in [0.05, 0.1) is 17.2 Å². The number of carbonyl (C=O) groups is 1. The molecule has 3 N–H and O–H groups in total. The van der Waals surface area contributed by atoms with E-state index in [2.05, 4.69) is 5.32 Å². The molecule has 0 aromatic heterocycles. The van der Waals surface area contributed by atoms with Gasteiger partial charge in [-0.25, -0.2) is 0 Å². The summed E-state index contributed by atoms with van der Waals surface area (Å²) < 4.78 is 5.66. The van der Waals surface area contributed by atoms with Crippen molar-refractivity contribution in [1.29, 1.82) is 5.26 Å². The first-order chi connectivity index (χ1) is 9.63. The highest BCUT2D eigenvalue weighted by Gasteiger charge is 2.12. The van der Waals surface area contributed by atoms with Crippen molar-refractivity contribution < 1.29 is 9.53 Å². The first-order valence-corrected chi connectivity index (χ1v) is 5.93. The first-order valence-electron chi connectivity index (χ1n) is 5.93. The van der Waals surface area contributed by atoms with Crippen molar-refractivity contribution in [2.45, 2.75) is 0 Å². The molecular formula is C15H13N3O2. The second kappa shape index (κ2) is 5.76. The highest BCUT2D eigenvalue weighted by Crippen LogP contribution is 2.27. The number of rotatable bonds is 3. The number of anilines is 1. The lowest BCUT2D eigenvalue weighted by Crippen LogP contribution is -2.18. The number of hydrogen-bond donors (Lipinski definition) is 2. The first kappa shape index (κ1) is 13.4. The maximum absolute atomic E-state index is 11.8. The molecule has 0 aliphatic rings. The summed E-state index contributed by atoms with van der Waals surface area (Å²) in [6.07, 6.45) is 0. The molecule has 0 aliphatic heterocycles. The van der Waals surface area contributed by atoms with Crippen molar-refractivity contribution >= 4 is 11.6 Å². The summed E-state index contributed by atoms with van der Waals surface area (Å²) in [5.74, 6) is 0.641. The van der Waals surface area contributed by atoms with Gasteiger partial charge in [0.1, 0.15) is 11.5 Å². The van der Waals surface area contributed by atoms with Crippen LogP contribution in [0.4, 0.5) is 5.69 Å². The Morgan fingerprint density at radius 1 is 1.25 bits per heavy atom. The molecule has 2 rings (SSSR count). The van der Waals surface area contributed by atoms with Gasteiger partial charge in [-0.15, -0.1) is 0 Å². The van der Waals surface area contributed by atoms with Crippen LogP contribution in [0.2, 0.25) is 0 Å². The van der Waals surface area contributed by atoms with Gasteiger partial charge < -0.3 is 15.8 Å². The number of nitrogen functional groups attached to an aromatic ring is 1. The van der Waals surface area contributed by atoms with Crippen LogP contribution in [0.3, 0.4) is 0 Å². The van der Waals surface area contributed by atoms with Gasteiger partial charge in [-0.1, -0.05) is 0 Å². The van der Waals surface area contributed by atoms with E-state index in [4.69, 9.17) is 15.7 Å². The van der Waals surface area contributed by atoms with Crippen molar-refractivity contribution in [2.24, 2.45) is 0 Å². The monoisotopic (exact) mass is 267 g/mol. The second-order valence-corrected chi connectivity index (χ2v) is 4.07. The summed E-state index contributed by atoms with van der Waals surface area (Å²) in [6.45, 7) is 0. The maximum Gasteiger partial charge on any atom is 0.254 e. The summed E-state index contributed by atoms with van der Waals surface area (Å²) in [7, 11) is 1.55. The summed E-state index contributed by atoms with van der Waals surface area (Å²) >= 11 is 0. The van der Waals surface area contributed by atoms with E-state index in [0.717, 1.165) is 0 Å². The minimum atomic E-state index is -0.256. The molecule has 0 spiro atoms. The van der Waals surface area contributed by atoms with Crippen molar-refractivity contribution in [2.75, 3.05) is 12.8 Å². The van der Waals surface area contributed by atoms with Crippen molar-refractivity contribution in [3.05, 3.63) is 53.6 Å². The number of benzene rings is 2. The van der Waals surface area contributed by atoms with E-state index in [1.165, 1.54) is 0 Å². The third-order valence-corrected chi connectivity index (χ3v) is 2.69. The van der Waals surface area contributed by atoms with Crippen LogP contribution in [-0.2, 0) is 0 Å². The lowest BCUT2D eigenvalue weighted by Gasteiger charge is -2.11. The predicted molar refractivity (Wildman–Crippen MR) is 75.5 cm³/mol. The molecule has 0 saturated heterocycles. The topological polar surface area (TPSA) is 88.1 Å². The number of nitrogens with one attached hydrogen (secondary N) is 1. The lowest BCUT2D eigenvalue weighted by atomic mass is 10.1. The Labute approximate surface area is 116 Å². The summed E-state index contributed by atoms with van der Waals surface area (Å²) in [6, 6.07) is 13.5. The number of nitriles is 1. The molecule has 100 valence electrons. The molecule has 1 amide bonds. The maximum atomic E-state index is 11.8. The predicted octanol–water partition coefficient (Wildman–Crippen LogP) is 2.29. The van der Waals surface area contributed by atoms with Crippen molar-refractivity contribution in [3.8, 4) is 17.6 Å². The summed E-state index contributed by atoms with van der Waals surface area (Å²) in [5.41, 5.74) is 7.15. The molecule has 0 fully saturated rings. The molecular weight excluding hydrogens is 254 g/mol. The molecule has 0 radical (unpaired) electrons. The molecule has 0 aliphatic carbocycles. The van der Waals surface area contributed by atoms with Crippen molar-refractivity contribution in [3.63, 3.8) is 0 Å². The van der Waals surface area contributed by atoms with E-state index in [1.54, 1.807) is 49.5 Å². The molecule has 0 unspecified atom stereocenters. The Kier molecular flexibility index (Phi) is 3.87. The zero-order valence-electron chi connectivity index (χ0n) is 10.9. The number of nitrogens with zero attached hydrogens (tertiary/aromatic N) is 1. The van der Waals surface area contributed by atoms with Gasteiger partial charge in [0, 0.05) is 18.8 Å². The molecule has 0 heterocycles. The average molecular weight is 267 g/mol. The Morgan fingerprint density at radius 2 is 1.95 bits per heavy atom. The number of hydrogen-bond acceptors (Lipinski definition) is 4. The fraction of sp³-hybridized carbons (Fsp3) is 0.0667. The average Bonchev–Trinajstić information content (AvgIpc) is 2.47. The molecule has 2 aromatic carbocycles. The summed E-state index contributed by atoms with van der Waals surface area (Å²) in [4.78, 5) is 11.8. The Hall–Kier alpha value is -3.00. The SMILES string of the molecule is CNC(=O)c1ccc(N)cc1Oc1ccc(C#N)cc1. The third-order valence-electron chi connectivity index (χ3n) is 2.69. The van der Waals surface area contributed by atoms with E-state index in [-0.39, 0.29) is 5.91 Å². The van der Waals surface area contributed by atoms with E-state index in [9.17, 15) is 4.79 Å². The van der Waals surface area contributed by atoms with Gasteiger partial charge in [-0.2, -0.15) is 5.26 Å². The fourth-order valence-electron chi connectivity index (χ4n) is 1.67. The smallest absolute Gasteiger partial charge is 0.254 e. The van der Waals surface area contributed by atoms with Crippen molar-refractivity contribution in [1.82, 2.24) is 5.32 Å². The van der Waals surface area contributed by atoms with Crippen LogP contribution < -0.4 is 15.8 Å². The Bertz CT molecular complexity index is 673. The largest absolute Gasteiger partial charge is 0.456 e. The Morgan fingerprint density at radius 3 is 2.55 bits per heavy atom. The molecule has 0 bridgehead atoms. The van der Waals surface area contributed by atoms with E-state index >= 15 is 0 Å². The highest BCUT2D eigenvalue weighted by molar-refractivity contribution is 5.97. The molecule has 0 atom stereocenters. The standard InChI is InChI=1S/C15H13N3O2/c1-18-15(19)13-7-4-11(17)8-14(13)20-12-5-2-10(9-16)3-6-12/h2-8H,17H2,1H3,(H,18,19). The minimum Gasteiger partial charge on any atom is -0.456 e. The molecule has 5 nitrogen and oxygen atoms in total. The van der Waals surface area contributed by atoms with Crippen LogP contribution in [0.1, 0.15) is 15.9 Å². The zero-order valence-corrected chi connectivity index (χ0v) is 10.9. The van der Waals surface area contributed by atoms with Gasteiger partial charge in [0.25, 0.3) is 5.91 Å². The van der Waals surface area contributed by atoms with Gasteiger partial charge in [0.15, 0.2) is 0 Å². The van der Waals surface area contributed by atoms with Crippen LogP contribution in [-0.4, -0.2) is 13.0 Å². The quantitative estimate of drug-likeness (QED) is 0.835. The van der Waals surface area contributed by atoms with Crippen LogP contribution in [0, 0.1) is 11.3 Å². The van der Waals surface area contributed by atoms with Crippen LogP contribution in [0.15, 0.2) is 42.5 Å². The fourth-order valence-corrected chi connectivity index (χ4v) is 1.67. The highest BCUT2D eigenvalue weighted by atomic mass is 16.5. The van der Waals surface area contributed by atoms with Gasteiger partial charge in [0.2, 0.25) is 0 Å². The number of amides is 1. The van der Waals surface area contributed by atoms with Gasteiger partial charge in [-0.3, -0.25) is 4.79 Å². The van der Waals surface area contributed by atoms with Gasteiger partial charge >= 0.3 is 0 Å².